The Morgan fingerprint density at radius 3 is 2.22 bits per heavy atom. The van der Waals surface area contributed by atoms with Crippen molar-refractivity contribution >= 4 is 39.0 Å². The minimum Gasteiger partial charge on any atom is -0.404 e. The quantitative estimate of drug-likeness (QED) is 0.168. The average molecular weight is 635 g/mol. The van der Waals surface area contributed by atoms with Gasteiger partial charge in [-0.15, -0.1) is 9.13 Å². The summed E-state index contributed by atoms with van der Waals surface area (Å²) in [4.78, 5) is 2.68. The molecule has 0 amide bonds. The van der Waals surface area contributed by atoms with Gasteiger partial charge in [0.05, 0.1) is 28.4 Å². The summed E-state index contributed by atoms with van der Waals surface area (Å²) in [5, 5.41) is 2.55. The van der Waals surface area contributed by atoms with Gasteiger partial charge in [-0.2, -0.15) is 4.90 Å². The molecule has 0 bridgehead atoms. The van der Waals surface area contributed by atoms with Crippen molar-refractivity contribution in [1.29, 1.82) is 0 Å². The van der Waals surface area contributed by atoms with Crippen LogP contribution in [0.5, 0.6) is 11.6 Å². The highest BCUT2D eigenvalue weighted by Crippen LogP contribution is 2.67. The summed E-state index contributed by atoms with van der Waals surface area (Å²) in [5.41, 5.74) is 17.3. The second-order valence-electron chi connectivity index (χ2n) is 16.4. The van der Waals surface area contributed by atoms with Gasteiger partial charge in [-0.1, -0.05) is 84.0 Å². The SMILES string of the molecule is CC(C)c1cc2[n+]3c(c1)-c1ccc4c5[n+]1C31c3c(ccc6c3N5c3c(cccc3C4(C)C)C6(C)C)-n3c4ccccc4c4ccc(c1c43)O2. The Bertz CT molecular complexity index is 2840. The fraction of sp³-hybridized carbons (Fsp3) is 0.227. The first-order valence-electron chi connectivity index (χ1n) is 17.7. The summed E-state index contributed by atoms with van der Waals surface area (Å²) >= 11 is 0. The molecule has 0 saturated carbocycles. The molecule has 234 valence electrons. The van der Waals surface area contributed by atoms with Gasteiger partial charge in [0.25, 0.3) is 11.5 Å². The predicted octanol–water partition coefficient (Wildman–Crippen LogP) is 9.24. The second kappa shape index (κ2) is 7.28. The first kappa shape index (κ1) is 25.6. The normalized spacial score (nSPS) is 20.3. The van der Waals surface area contributed by atoms with Crippen molar-refractivity contribution in [3.63, 3.8) is 0 Å². The number of benzene rings is 4. The van der Waals surface area contributed by atoms with Crippen LogP contribution in [0.4, 0.5) is 17.2 Å². The van der Waals surface area contributed by atoms with Crippen LogP contribution >= 0.6 is 0 Å². The lowest BCUT2D eigenvalue weighted by Gasteiger charge is -2.49. The van der Waals surface area contributed by atoms with Crippen LogP contribution in [0.2, 0.25) is 0 Å². The molecule has 3 aromatic heterocycles. The minimum absolute atomic E-state index is 0.201. The summed E-state index contributed by atoms with van der Waals surface area (Å²) < 4.78 is 15.0. The first-order chi connectivity index (χ1) is 23.7. The number of hydrogen-bond acceptors (Lipinski definition) is 2. The van der Waals surface area contributed by atoms with Crippen LogP contribution in [0.3, 0.4) is 0 Å². The lowest BCUT2D eigenvalue weighted by atomic mass is 9.64. The van der Waals surface area contributed by atoms with Crippen molar-refractivity contribution < 1.29 is 13.9 Å². The fourth-order valence-electron chi connectivity index (χ4n) is 11.1. The van der Waals surface area contributed by atoms with Crippen LogP contribution in [0, 0.1) is 0 Å². The molecule has 0 saturated heterocycles. The van der Waals surface area contributed by atoms with Gasteiger partial charge >= 0.3 is 11.5 Å². The zero-order valence-corrected chi connectivity index (χ0v) is 28.4. The number of nitrogens with zero attached hydrogens (tertiary/aromatic N) is 4. The smallest absolute Gasteiger partial charge is 0.378 e. The molecule has 9 heterocycles. The van der Waals surface area contributed by atoms with Gasteiger partial charge in [0.1, 0.15) is 16.8 Å². The van der Waals surface area contributed by atoms with E-state index in [2.05, 4.69) is 151 Å². The van der Waals surface area contributed by atoms with Crippen molar-refractivity contribution in [1.82, 2.24) is 4.57 Å². The second-order valence-corrected chi connectivity index (χ2v) is 16.4. The Hall–Kier alpha value is -5.42. The molecule has 5 nitrogen and oxygen atoms in total. The van der Waals surface area contributed by atoms with Gasteiger partial charge in [0.15, 0.2) is 11.4 Å². The fourth-order valence-corrected chi connectivity index (χ4v) is 11.1. The molecule has 6 aliphatic heterocycles. The Labute approximate surface area is 284 Å². The molecule has 1 unspecified atom stereocenters. The number of rotatable bonds is 1. The molecule has 6 aliphatic rings. The molecular weight excluding hydrogens is 601 g/mol. The highest BCUT2D eigenvalue weighted by Gasteiger charge is 2.74. The zero-order valence-electron chi connectivity index (χ0n) is 28.4. The van der Waals surface area contributed by atoms with Gasteiger partial charge in [-0.05, 0) is 47.9 Å². The van der Waals surface area contributed by atoms with Crippen molar-refractivity contribution in [2.45, 2.75) is 64.0 Å². The summed E-state index contributed by atoms with van der Waals surface area (Å²) in [5.74, 6) is 3.51. The number of pyridine rings is 2. The molecule has 5 heteroatoms. The number of ether oxygens (including phenoxy) is 1. The van der Waals surface area contributed by atoms with Gasteiger partial charge in [-0.3, -0.25) is 0 Å². The third-order valence-corrected chi connectivity index (χ3v) is 13.2. The Morgan fingerprint density at radius 2 is 1.41 bits per heavy atom. The minimum atomic E-state index is -0.661. The molecule has 1 spiro atoms. The maximum atomic E-state index is 7.12. The zero-order chi connectivity index (χ0) is 32.7. The lowest BCUT2D eigenvalue weighted by Crippen LogP contribution is -2.76. The number of aromatic nitrogens is 3. The highest BCUT2D eigenvalue weighted by atomic mass is 16.5. The van der Waals surface area contributed by atoms with Crippen LogP contribution in [0.15, 0.2) is 91.0 Å². The van der Waals surface area contributed by atoms with Gasteiger partial charge in [0, 0.05) is 44.4 Å². The van der Waals surface area contributed by atoms with E-state index < -0.39 is 5.66 Å². The van der Waals surface area contributed by atoms with Crippen LogP contribution in [0.25, 0.3) is 38.9 Å². The average Bonchev–Trinajstić information content (AvgIpc) is 3.59. The lowest BCUT2D eigenvalue weighted by molar-refractivity contribution is -0.936. The summed E-state index contributed by atoms with van der Waals surface area (Å²) in [6.45, 7) is 14.3. The van der Waals surface area contributed by atoms with E-state index >= 15 is 0 Å². The summed E-state index contributed by atoms with van der Waals surface area (Å²) in [6.07, 6.45) is 0. The molecule has 0 aliphatic carbocycles. The molecule has 7 aromatic rings. The monoisotopic (exact) mass is 634 g/mol. The third-order valence-electron chi connectivity index (χ3n) is 13.2. The Morgan fingerprint density at radius 1 is 0.653 bits per heavy atom. The van der Waals surface area contributed by atoms with Crippen molar-refractivity contribution in [2.24, 2.45) is 0 Å². The third kappa shape index (κ3) is 2.30. The topological polar surface area (TPSA) is 25.2 Å². The van der Waals surface area contributed by atoms with E-state index in [0.717, 1.165) is 11.6 Å². The number of fused-ring (bicyclic) bond motifs is 5. The Balaban J connectivity index is 1.37. The summed E-state index contributed by atoms with van der Waals surface area (Å²) in [7, 11) is 0. The van der Waals surface area contributed by atoms with Crippen molar-refractivity contribution in [2.75, 3.05) is 4.90 Å². The Kier molecular flexibility index (Phi) is 3.80. The van der Waals surface area contributed by atoms with Crippen LogP contribution in [-0.2, 0) is 16.5 Å². The number of anilines is 3. The molecule has 1 atom stereocenters. The largest absolute Gasteiger partial charge is 0.404 e. The molecule has 4 aromatic carbocycles. The van der Waals surface area contributed by atoms with Crippen molar-refractivity contribution in [3.8, 4) is 28.7 Å². The maximum absolute atomic E-state index is 7.12. The predicted molar refractivity (Wildman–Crippen MR) is 191 cm³/mol. The molecular formula is C44H34N4O+2. The van der Waals surface area contributed by atoms with Gasteiger partial charge in [0.2, 0.25) is 5.69 Å². The van der Waals surface area contributed by atoms with E-state index in [1.807, 2.05) is 0 Å². The molecule has 0 fully saturated rings. The van der Waals surface area contributed by atoms with E-state index in [1.165, 1.54) is 95.0 Å². The van der Waals surface area contributed by atoms with Crippen LogP contribution in [0.1, 0.15) is 86.4 Å². The number of para-hydroxylation sites is 2. The van der Waals surface area contributed by atoms with E-state index in [0.29, 0.717) is 5.92 Å². The standard InChI is InChI=1S/C44H34N4O/c1-22(2)23-20-33-31-17-16-29-41-46-39-26(11-9-12-27(39)43(29,5)6)42(3,4)28-15-18-32-36(40(28)46)44(48(31)41)37-34(49-35(21-23)47(33)44)19-14-25-24-10-7-8-13-30(24)45(32)38(25)37/h7-22H,1-6H3/q+2. The van der Waals surface area contributed by atoms with Crippen molar-refractivity contribution in [3.05, 3.63) is 130 Å². The maximum Gasteiger partial charge on any atom is 0.378 e. The van der Waals surface area contributed by atoms with Crippen LogP contribution < -0.4 is 18.8 Å². The van der Waals surface area contributed by atoms with Gasteiger partial charge in [-0.25, -0.2) is 0 Å². The summed E-state index contributed by atoms with van der Waals surface area (Å²) in [6, 6.07) is 35.0. The molecule has 0 radical (unpaired) electrons. The molecule has 13 rings (SSSR count). The van der Waals surface area contributed by atoms with Gasteiger partial charge < -0.3 is 9.30 Å². The molecule has 0 N–H and O–H groups in total. The van der Waals surface area contributed by atoms with E-state index in [-0.39, 0.29) is 10.8 Å². The van der Waals surface area contributed by atoms with E-state index in [4.69, 9.17) is 4.74 Å². The molecule has 49 heavy (non-hydrogen) atoms. The first-order valence-corrected chi connectivity index (χ1v) is 17.7. The highest BCUT2D eigenvalue weighted by molar-refractivity contribution is 6.13. The van der Waals surface area contributed by atoms with Crippen LogP contribution in [-0.4, -0.2) is 4.57 Å². The van der Waals surface area contributed by atoms with E-state index in [1.54, 1.807) is 0 Å². The van der Waals surface area contributed by atoms with E-state index in [9.17, 15) is 0 Å². The number of hydrogen-bond donors (Lipinski definition) is 0.